The van der Waals surface area contributed by atoms with Crippen molar-refractivity contribution >= 4 is 17.8 Å². The number of rotatable bonds is 3. The molecule has 24 heavy (non-hydrogen) atoms. The summed E-state index contributed by atoms with van der Waals surface area (Å²) in [7, 11) is 0. The number of hydrogen-bond acceptors (Lipinski definition) is 2. The van der Waals surface area contributed by atoms with Crippen molar-refractivity contribution in [3.05, 3.63) is 90.0 Å². The van der Waals surface area contributed by atoms with Gasteiger partial charge in [-0.25, -0.2) is 4.98 Å². The first-order valence-electron chi connectivity index (χ1n) is 7.92. The molecule has 0 aliphatic heterocycles. The fraction of sp³-hybridized carbons (Fsp3) is 0.0476. The van der Waals surface area contributed by atoms with Gasteiger partial charge in [0.1, 0.15) is 5.65 Å². The first kappa shape index (κ1) is 14.4. The van der Waals surface area contributed by atoms with Crippen LogP contribution in [0.15, 0.2) is 73.3 Å². The zero-order chi connectivity index (χ0) is 16.4. The molecular formula is C21H17N3. The van der Waals surface area contributed by atoms with Gasteiger partial charge in [0, 0.05) is 30.4 Å². The molecule has 3 heteroatoms. The van der Waals surface area contributed by atoms with Gasteiger partial charge in [0.05, 0.1) is 5.69 Å². The Hall–Kier alpha value is -3.20. The summed E-state index contributed by atoms with van der Waals surface area (Å²) < 4.78 is 2.07. The average molecular weight is 311 g/mol. The van der Waals surface area contributed by atoms with Crippen molar-refractivity contribution in [2.24, 2.45) is 0 Å². The van der Waals surface area contributed by atoms with Gasteiger partial charge in [-0.15, -0.1) is 0 Å². The second-order valence-corrected chi connectivity index (χ2v) is 5.83. The maximum absolute atomic E-state index is 4.69. The maximum atomic E-state index is 4.69. The molecule has 0 N–H and O–H groups in total. The second-order valence-electron chi connectivity index (χ2n) is 5.83. The Labute approximate surface area is 141 Å². The van der Waals surface area contributed by atoms with E-state index in [2.05, 4.69) is 76.2 Å². The van der Waals surface area contributed by atoms with E-state index in [-0.39, 0.29) is 0 Å². The summed E-state index contributed by atoms with van der Waals surface area (Å²) in [5, 5.41) is 0. The van der Waals surface area contributed by atoms with E-state index in [1.54, 1.807) is 12.4 Å². The fourth-order valence-corrected chi connectivity index (χ4v) is 2.67. The highest BCUT2D eigenvalue weighted by Crippen LogP contribution is 2.21. The Kier molecular flexibility index (Phi) is 3.67. The lowest BCUT2D eigenvalue weighted by Gasteiger charge is -1.98. The third kappa shape index (κ3) is 2.97. The van der Waals surface area contributed by atoms with Crippen LogP contribution in [0, 0.1) is 6.92 Å². The SMILES string of the molecule is Cc1ccc2nc(-c3ccc(C=Cc4ccncc4)cc3)cn2c1. The third-order valence-corrected chi connectivity index (χ3v) is 3.98. The highest BCUT2D eigenvalue weighted by Gasteiger charge is 2.04. The van der Waals surface area contributed by atoms with E-state index in [4.69, 9.17) is 0 Å². The zero-order valence-electron chi connectivity index (χ0n) is 13.4. The maximum Gasteiger partial charge on any atom is 0.137 e. The van der Waals surface area contributed by atoms with Gasteiger partial charge < -0.3 is 4.40 Å². The second kappa shape index (κ2) is 6.13. The lowest BCUT2D eigenvalue weighted by atomic mass is 10.1. The van der Waals surface area contributed by atoms with Crippen LogP contribution >= 0.6 is 0 Å². The molecule has 0 fully saturated rings. The summed E-state index contributed by atoms with van der Waals surface area (Å²) in [6.07, 6.45) is 12.0. The summed E-state index contributed by atoms with van der Waals surface area (Å²) in [6, 6.07) is 16.6. The Morgan fingerprint density at radius 3 is 2.25 bits per heavy atom. The van der Waals surface area contributed by atoms with Gasteiger partial charge in [-0.2, -0.15) is 0 Å². The van der Waals surface area contributed by atoms with E-state index in [1.807, 2.05) is 18.2 Å². The van der Waals surface area contributed by atoms with E-state index in [9.17, 15) is 0 Å². The van der Waals surface area contributed by atoms with Crippen LogP contribution in [0.2, 0.25) is 0 Å². The minimum absolute atomic E-state index is 0.970. The van der Waals surface area contributed by atoms with Gasteiger partial charge in [0.2, 0.25) is 0 Å². The normalized spacial score (nSPS) is 11.4. The quantitative estimate of drug-likeness (QED) is 0.540. The fourth-order valence-electron chi connectivity index (χ4n) is 2.67. The van der Waals surface area contributed by atoms with E-state index in [0.29, 0.717) is 0 Å². The molecule has 0 atom stereocenters. The molecule has 4 aromatic rings. The molecule has 0 aliphatic carbocycles. The lowest BCUT2D eigenvalue weighted by molar-refractivity contribution is 1.16. The Morgan fingerprint density at radius 2 is 1.50 bits per heavy atom. The first-order valence-corrected chi connectivity index (χ1v) is 7.92. The van der Waals surface area contributed by atoms with Crippen molar-refractivity contribution in [1.29, 1.82) is 0 Å². The Morgan fingerprint density at radius 1 is 0.792 bits per heavy atom. The molecule has 116 valence electrons. The highest BCUT2D eigenvalue weighted by molar-refractivity contribution is 5.71. The number of hydrogen-bond donors (Lipinski definition) is 0. The van der Waals surface area contributed by atoms with Gasteiger partial charge >= 0.3 is 0 Å². The number of imidazole rings is 1. The van der Waals surface area contributed by atoms with Crippen LogP contribution in [0.3, 0.4) is 0 Å². The van der Waals surface area contributed by atoms with Crippen molar-refractivity contribution < 1.29 is 0 Å². The van der Waals surface area contributed by atoms with Crippen LogP contribution in [0.25, 0.3) is 29.1 Å². The van der Waals surface area contributed by atoms with Crippen LogP contribution in [0.4, 0.5) is 0 Å². The van der Waals surface area contributed by atoms with Crippen molar-refractivity contribution in [2.75, 3.05) is 0 Å². The van der Waals surface area contributed by atoms with E-state index in [1.165, 1.54) is 5.56 Å². The molecule has 0 saturated carbocycles. The summed E-state index contributed by atoms with van der Waals surface area (Å²) in [5.41, 5.74) is 6.61. The molecule has 3 aromatic heterocycles. The number of aromatic nitrogens is 3. The molecule has 0 aliphatic rings. The number of pyridine rings is 2. The largest absolute Gasteiger partial charge is 0.306 e. The van der Waals surface area contributed by atoms with Crippen molar-refractivity contribution in [2.45, 2.75) is 6.92 Å². The summed E-state index contributed by atoms with van der Waals surface area (Å²) >= 11 is 0. The molecular weight excluding hydrogens is 294 g/mol. The van der Waals surface area contributed by atoms with E-state index < -0.39 is 0 Å². The molecule has 0 spiro atoms. The smallest absolute Gasteiger partial charge is 0.137 e. The number of aryl methyl sites for hydroxylation is 1. The number of benzene rings is 1. The lowest BCUT2D eigenvalue weighted by Crippen LogP contribution is -1.82. The molecule has 0 unspecified atom stereocenters. The highest BCUT2D eigenvalue weighted by atomic mass is 15.0. The van der Waals surface area contributed by atoms with Crippen LogP contribution in [0.5, 0.6) is 0 Å². The topological polar surface area (TPSA) is 30.2 Å². The standard InChI is InChI=1S/C21H17N3/c1-16-2-9-21-23-20(15-24(21)14-16)19-7-5-17(6-8-19)3-4-18-10-12-22-13-11-18/h2-15H,1H3. The molecule has 1 aromatic carbocycles. The summed E-state index contributed by atoms with van der Waals surface area (Å²) in [6.45, 7) is 2.09. The predicted octanol–water partition coefficient (Wildman–Crippen LogP) is 4.88. The molecule has 0 amide bonds. The van der Waals surface area contributed by atoms with Crippen LogP contribution in [-0.2, 0) is 0 Å². The van der Waals surface area contributed by atoms with Crippen molar-refractivity contribution in [3.8, 4) is 11.3 Å². The number of nitrogens with zero attached hydrogens (tertiary/aromatic N) is 3. The molecule has 0 radical (unpaired) electrons. The van der Waals surface area contributed by atoms with Crippen LogP contribution < -0.4 is 0 Å². The minimum Gasteiger partial charge on any atom is -0.306 e. The summed E-state index contributed by atoms with van der Waals surface area (Å²) in [4.78, 5) is 8.71. The molecule has 3 nitrogen and oxygen atoms in total. The average Bonchev–Trinajstić information content (AvgIpc) is 3.04. The number of fused-ring (bicyclic) bond motifs is 1. The Bertz CT molecular complexity index is 996. The van der Waals surface area contributed by atoms with Gasteiger partial charge in [-0.05, 0) is 41.8 Å². The summed E-state index contributed by atoms with van der Waals surface area (Å²) in [5.74, 6) is 0. The predicted molar refractivity (Wildman–Crippen MR) is 98.5 cm³/mol. The monoisotopic (exact) mass is 311 g/mol. The van der Waals surface area contributed by atoms with Crippen molar-refractivity contribution in [1.82, 2.24) is 14.4 Å². The molecule has 0 saturated heterocycles. The Balaban J connectivity index is 1.59. The van der Waals surface area contributed by atoms with Gasteiger partial charge in [0.25, 0.3) is 0 Å². The molecule has 0 bridgehead atoms. The zero-order valence-corrected chi connectivity index (χ0v) is 13.4. The van der Waals surface area contributed by atoms with Gasteiger partial charge in [-0.1, -0.05) is 42.5 Å². The van der Waals surface area contributed by atoms with Crippen LogP contribution in [-0.4, -0.2) is 14.4 Å². The minimum atomic E-state index is 0.970. The van der Waals surface area contributed by atoms with Gasteiger partial charge in [-0.3, -0.25) is 4.98 Å². The molecule has 3 heterocycles. The van der Waals surface area contributed by atoms with E-state index in [0.717, 1.165) is 28.0 Å². The van der Waals surface area contributed by atoms with Crippen molar-refractivity contribution in [3.63, 3.8) is 0 Å². The van der Waals surface area contributed by atoms with Gasteiger partial charge in [0.15, 0.2) is 0 Å². The van der Waals surface area contributed by atoms with E-state index >= 15 is 0 Å². The molecule has 4 rings (SSSR count). The first-order chi connectivity index (χ1) is 11.8. The third-order valence-electron chi connectivity index (χ3n) is 3.98. The van der Waals surface area contributed by atoms with Crippen LogP contribution in [0.1, 0.15) is 16.7 Å².